The van der Waals surface area contributed by atoms with Gasteiger partial charge in [0.1, 0.15) is 11.9 Å². The lowest BCUT2D eigenvalue weighted by atomic mass is 10.2. The normalized spacial score (nSPS) is 15.7. The van der Waals surface area contributed by atoms with Crippen LogP contribution in [0, 0.1) is 0 Å². The number of carbonyl (C=O) groups is 1. The number of rotatable bonds is 4. The van der Waals surface area contributed by atoms with Crippen molar-refractivity contribution in [2.45, 2.75) is 6.10 Å². The second kappa shape index (κ2) is 4.21. The zero-order valence-electron chi connectivity index (χ0n) is 8.64. The topological polar surface area (TPSA) is 41.6 Å². The van der Waals surface area contributed by atoms with Crippen LogP contribution in [0.5, 0.6) is 5.75 Å². The van der Waals surface area contributed by atoms with Crippen molar-refractivity contribution in [3.63, 3.8) is 0 Å². The minimum Gasteiger partial charge on any atom is -0.487 e. The van der Waals surface area contributed by atoms with Gasteiger partial charge in [0.15, 0.2) is 0 Å². The molecule has 1 heterocycles. The van der Waals surface area contributed by atoms with Gasteiger partial charge in [-0.2, -0.15) is 0 Å². The van der Waals surface area contributed by atoms with Gasteiger partial charge in [0.2, 0.25) is 6.41 Å². The second-order valence-corrected chi connectivity index (χ2v) is 3.58. The molecular weight excluding hydrogens is 192 g/mol. The molecule has 1 aromatic carbocycles. The highest BCUT2D eigenvalue weighted by molar-refractivity contribution is 5.50. The number of ether oxygens (including phenoxy) is 1. The highest BCUT2D eigenvalue weighted by atomic mass is 16.5. The van der Waals surface area contributed by atoms with Crippen molar-refractivity contribution in [3.8, 4) is 5.75 Å². The van der Waals surface area contributed by atoms with Crippen molar-refractivity contribution in [2.24, 2.45) is 0 Å². The predicted molar refractivity (Wildman–Crippen MR) is 58.0 cm³/mol. The van der Waals surface area contributed by atoms with E-state index in [-0.39, 0.29) is 6.10 Å². The zero-order chi connectivity index (χ0) is 10.7. The maximum absolute atomic E-state index is 10.3. The molecule has 1 amide bonds. The summed E-state index contributed by atoms with van der Waals surface area (Å²) in [4.78, 5) is 12.0. The number of benzene rings is 1. The molecule has 1 aliphatic heterocycles. The number of nitrogens with zero attached hydrogens (tertiary/aromatic N) is 1. The summed E-state index contributed by atoms with van der Waals surface area (Å²) in [5, 5.41) is 3.05. The summed E-state index contributed by atoms with van der Waals surface area (Å²) in [5.74, 6) is 0.845. The van der Waals surface area contributed by atoms with E-state index < -0.39 is 0 Å². The van der Waals surface area contributed by atoms with Crippen LogP contribution in [0.4, 0.5) is 5.69 Å². The molecule has 0 aromatic heterocycles. The minimum atomic E-state index is 0.141. The Morgan fingerprint density at radius 1 is 1.53 bits per heavy atom. The largest absolute Gasteiger partial charge is 0.487 e. The first-order valence-electron chi connectivity index (χ1n) is 4.95. The van der Waals surface area contributed by atoms with Gasteiger partial charge in [-0.15, -0.1) is 0 Å². The molecule has 1 saturated heterocycles. The molecule has 0 spiro atoms. The van der Waals surface area contributed by atoms with E-state index in [4.69, 9.17) is 4.74 Å². The molecule has 1 N–H and O–H groups in total. The molecule has 0 atom stereocenters. The van der Waals surface area contributed by atoms with Gasteiger partial charge in [0.25, 0.3) is 0 Å². The summed E-state index contributed by atoms with van der Waals surface area (Å²) in [6.07, 6.45) is 0.992. The third kappa shape index (κ3) is 2.21. The number of nitrogens with one attached hydrogen (secondary N) is 1. The SMILES string of the molecule is CNc1cccc(OC2CN(C=O)C2)c1. The molecule has 0 radical (unpaired) electrons. The van der Waals surface area contributed by atoms with E-state index in [1.807, 2.05) is 31.3 Å². The van der Waals surface area contributed by atoms with E-state index in [0.29, 0.717) is 13.1 Å². The highest BCUT2D eigenvalue weighted by Gasteiger charge is 2.26. The molecule has 0 unspecified atom stereocenters. The Morgan fingerprint density at radius 2 is 2.33 bits per heavy atom. The molecule has 1 fully saturated rings. The van der Waals surface area contributed by atoms with Gasteiger partial charge >= 0.3 is 0 Å². The smallest absolute Gasteiger partial charge is 0.209 e. The third-order valence-corrected chi connectivity index (χ3v) is 2.45. The lowest BCUT2D eigenvalue weighted by molar-refractivity contribution is -0.126. The molecule has 15 heavy (non-hydrogen) atoms. The number of carbonyl (C=O) groups excluding carboxylic acids is 1. The van der Waals surface area contributed by atoms with Crippen molar-refractivity contribution in [1.29, 1.82) is 0 Å². The molecule has 1 aromatic rings. The van der Waals surface area contributed by atoms with Gasteiger partial charge in [0, 0.05) is 18.8 Å². The van der Waals surface area contributed by atoms with Crippen molar-refractivity contribution >= 4 is 12.1 Å². The van der Waals surface area contributed by atoms with Gasteiger partial charge in [-0.3, -0.25) is 4.79 Å². The van der Waals surface area contributed by atoms with Crippen molar-refractivity contribution in [3.05, 3.63) is 24.3 Å². The lowest BCUT2D eigenvalue weighted by Crippen LogP contribution is -2.52. The number of anilines is 1. The molecule has 4 nitrogen and oxygen atoms in total. The van der Waals surface area contributed by atoms with E-state index in [1.54, 1.807) is 4.90 Å². The number of likely N-dealkylation sites (tertiary alicyclic amines) is 1. The van der Waals surface area contributed by atoms with Crippen LogP contribution in [0.1, 0.15) is 0 Å². The fraction of sp³-hybridized carbons (Fsp3) is 0.364. The number of amides is 1. The van der Waals surface area contributed by atoms with Crippen LogP contribution in [0.15, 0.2) is 24.3 Å². The van der Waals surface area contributed by atoms with Crippen molar-refractivity contribution < 1.29 is 9.53 Å². The summed E-state index contributed by atoms with van der Waals surface area (Å²) in [5.41, 5.74) is 1.03. The minimum absolute atomic E-state index is 0.141. The molecule has 4 heteroatoms. The van der Waals surface area contributed by atoms with E-state index in [9.17, 15) is 4.79 Å². The average molecular weight is 206 g/mol. The molecule has 0 bridgehead atoms. The van der Waals surface area contributed by atoms with Crippen LogP contribution in [-0.2, 0) is 4.79 Å². The van der Waals surface area contributed by atoms with Gasteiger partial charge in [-0.25, -0.2) is 0 Å². The zero-order valence-corrected chi connectivity index (χ0v) is 8.64. The second-order valence-electron chi connectivity index (χ2n) is 3.58. The van der Waals surface area contributed by atoms with Crippen LogP contribution < -0.4 is 10.1 Å². The monoisotopic (exact) mass is 206 g/mol. The summed E-state index contributed by atoms with van der Waals surface area (Å²) in [6.45, 7) is 1.38. The highest BCUT2D eigenvalue weighted by Crippen LogP contribution is 2.20. The Labute approximate surface area is 88.8 Å². The molecule has 0 saturated carbocycles. The third-order valence-electron chi connectivity index (χ3n) is 2.45. The summed E-state index contributed by atoms with van der Waals surface area (Å²) in [7, 11) is 1.87. The Hall–Kier alpha value is -1.71. The maximum Gasteiger partial charge on any atom is 0.209 e. The number of hydrogen-bond donors (Lipinski definition) is 1. The fourth-order valence-corrected chi connectivity index (χ4v) is 1.55. The molecule has 0 aliphatic carbocycles. The lowest BCUT2D eigenvalue weighted by Gasteiger charge is -2.36. The summed E-state index contributed by atoms with van der Waals surface area (Å²) in [6, 6.07) is 7.79. The predicted octanol–water partition coefficient (Wildman–Crippen LogP) is 0.948. The Balaban J connectivity index is 1.91. The fourth-order valence-electron chi connectivity index (χ4n) is 1.55. The van der Waals surface area contributed by atoms with Gasteiger partial charge in [-0.1, -0.05) is 6.07 Å². The van der Waals surface area contributed by atoms with Gasteiger partial charge < -0.3 is 15.0 Å². The standard InChI is InChI=1S/C11H14N2O2/c1-12-9-3-2-4-10(5-9)15-11-6-13(7-11)8-14/h2-5,8,11-12H,6-7H2,1H3. The Bertz CT molecular complexity index is 348. The Morgan fingerprint density at radius 3 is 3.00 bits per heavy atom. The van der Waals surface area contributed by atoms with Crippen LogP contribution in [0.25, 0.3) is 0 Å². The van der Waals surface area contributed by atoms with Crippen molar-refractivity contribution in [2.75, 3.05) is 25.5 Å². The van der Waals surface area contributed by atoms with Gasteiger partial charge in [0.05, 0.1) is 13.1 Å². The molecular formula is C11H14N2O2. The van der Waals surface area contributed by atoms with Crippen LogP contribution in [0.3, 0.4) is 0 Å². The van der Waals surface area contributed by atoms with E-state index >= 15 is 0 Å². The first kappa shape index (κ1) is 9.83. The van der Waals surface area contributed by atoms with E-state index in [1.165, 1.54) is 0 Å². The molecule has 2 rings (SSSR count). The van der Waals surface area contributed by atoms with Gasteiger partial charge in [-0.05, 0) is 12.1 Å². The Kier molecular flexibility index (Phi) is 2.76. The summed E-state index contributed by atoms with van der Waals surface area (Å²) >= 11 is 0. The summed E-state index contributed by atoms with van der Waals surface area (Å²) < 4.78 is 5.68. The van der Waals surface area contributed by atoms with Crippen LogP contribution >= 0.6 is 0 Å². The van der Waals surface area contributed by atoms with E-state index in [2.05, 4.69) is 5.32 Å². The van der Waals surface area contributed by atoms with E-state index in [0.717, 1.165) is 17.8 Å². The van der Waals surface area contributed by atoms with Crippen LogP contribution in [-0.4, -0.2) is 37.6 Å². The average Bonchev–Trinajstić information content (AvgIpc) is 2.23. The molecule has 80 valence electrons. The quantitative estimate of drug-likeness (QED) is 0.746. The van der Waals surface area contributed by atoms with Crippen LogP contribution in [0.2, 0.25) is 0 Å². The number of hydrogen-bond acceptors (Lipinski definition) is 3. The maximum atomic E-state index is 10.3. The van der Waals surface area contributed by atoms with Crippen molar-refractivity contribution in [1.82, 2.24) is 4.90 Å². The first-order valence-corrected chi connectivity index (χ1v) is 4.95. The first-order chi connectivity index (χ1) is 7.31. The molecule has 1 aliphatic rings.